The molecular weight excluding hydrogens is 282 g/mol. The average molecular weight is 294 g/mol. The monoisotopic (exact) mass is 293 g/mol. The maximum atomic E-state index is 11.8. The smallest absolute Gasteiger partial charge is 0.340 e. The standard InChI is InChI=1S/C13H12ClN3O3/c1-7-4-8(10(6-15-7)13(18)20-3)9-5-11(14)16-17-12(9)19-2/h4-6H,1-3H3. The molecule has 2 aromatic rings. The van der Waals surface area contributed by atoms with E-state index in [1.165, 1.54) is 20.4 Å². The SMILES string of the molecule is COC(=O)c1cnc(C)cc1-c1cc(Cl)nnc1OC. The summed E-state index contributed by atoms with van der Waals surface area (Å²) >= 11 is 5.87. The van der Waals surface area contributed by atoms with Gasteiger partial charge < -0.3 is 9.47 Å². The van der Waals surface area contributed by atoms with Crippen LogP contribution >= 0.6 is 11.6 Å². The van der Waals surface area contributed by atoms with Crippen LogP contribution in [0.1, 0.15) is 16.1 Å². The van der Waals surface area contributed by atoms with Crippen molar-refractivity contribution in [3.05, 3.63) is 34.7 Å². The number of aromatic nitrogens is 3. The average Bonchev–Trinajstić information content (AvgIpc) is 2.46. The fourth-order valence-corrected chi connectivity index (χ4v) is 1.90. The number of ether oxygens (including phenoxy) is 2. The van der Waals surface area contributed by atoms with Gasteiger partial charge in [-0.25, -0.2) is 4.79 Å². The van der Waals surface area contributed by atoms with Gasteiger partial charge in [-0.05, 0) is 19.1 Å². The lowest BCUT2D eigenvalue weighted by atomic mass is 10.0. The Hall–Kier alpha value is -2.21. The highest BCUT2D eigenvalue weighted by Crippen LogP contribution is 2.32. The lowest BCUT2D eigenvalue weighted by molar-refractivity contribution is 0.0601. The van der Waals surface area contributed by atoms with Crippen molar-refractivity contribution in [1.29, 1.82) is 0 Å². The summed E-state index contributed by atoms with van der Waals surface area (Å²) in [5.41, 5.74) is 2.18. The third-order valence-electron chi connectivity index (χ3n) is 2.66. The van der Waals surface area contributed by atoms with Gasteiger partial charge in [0.15, 0.2) is 5.15 Å². The Bertz CT molecular complexity index is 661. The minimum absolute atomic E-state index is 0.200. The van der Waals surface area contributed by atoms with Crippen molar-refractivity contribution in [2.24, 2.45) is 0 Å². The fraction of sp³-hybridized carbons (Fsp3) is 0.231. The van der Waals surface area contributed by atoms with Crippen LogP contribution in [-0.2, 0) is 4.74 Å². The van der Waals surface area contributed by atoms with Gasteiger partial charge in [0.2, 0.25) is 5.88 Å². The summed E-state index contributed by atoms with van der Waals surface area (Å²) in [5, 5.41) is 7.76. The lowest BCUT2D eigenvalue weighted by Gasteiger charge is -2.11. The van der Waals surface area contributed by atoms with Crippen LogP contribution in [0, 0.1) is 6.92 Å². The number of esters is 1. The molecule has 0 saturated heterocycles. The molecule has 0 aliphatic carbocycles. The van der Waals surface area contributed by atoms with E-state index in [1.807, 2.05) is 6.92 Å². The van der Waals surface area contributed by atoms with E-state index in [1.54, 1.807) is 12.1 Å². The van der Waals surface area contributed by atoms with Crippen LogP contribution in [-0.4, -0.2) is 35.4 Å². The van der Waals surface area contributed by atoms with Gasteiger partial charge in [-0.1, -0.05) is 11.6 Å². The fourth-order valence-electron chi connectivity index (χ4n) is 1.76. The van der Waals surface area contributed by atoms with E-state index in [4.69, 9.17) is 21.1 Å². The maximum Gasteiger partial charge on any atom is 0.340 e. The number of carbonyl (C=O) groups excluding carboxylic acids is 1. The number of halogens is 1. The molecule has 0 saturated carbocycles. The Balaban J connectivity index is 2.71. The van der Waals surface area contributed by atoms with Crippen LogP contribution < -0.4 is 4.74 Å². The van der Waals surface area contributed by atoms with Crippen LogP contribution in [0.3, 0.4) is 0 Å². The zero-order valence-corrected chi connectivity index (χ0v) is 11.9. The molecule has 7 heteroatoms. The van der Waals surface area contributed by atoms with E-state index in [0.717, 1.165) is 5.69 Å². The Morgan fingerprint density at radius 1 is 1.20 bits per heavy atom. The predicted molar refractivity (Wildman–Crippen MR) is 72.9 cm³/mol. The Morgan fingerprint density at radius 2 is 1.95 bits per heavy atom. The van der Waals surface area contributed by atoms with Crippen molar-refractivity contribution in [3.8, 4) is 17.0 Å². The summed E-state index contributed by atoms with van der Waals surface area (Å²) in [7, 11) is 2.77. The van der Waals surface area contributed by atoms with Crippen LogP contribution in [0.4, 0.5) is 0 Å². The van der Waals surface area contributed by atoms with E-state index in [2.05, 4.69) is 15.2 Å². The number of aryl methyl sites for hydroxylation is 1. The van der Waals surface area contributed by atoms with Crippen molar-refractivity contribution >= 4 is 17.6 Å². The molecule has 0 unspecified atom stereocenters. The first-order valence-electron chi connectivity index (χ1n) is 5.69. The molecule has 0 aromatic carbocycles. The molecule has 20 heavy (non-hydrogen) atoms. The van der Waals surface area contributed by atoms with Crippen molar-refractivity contribution in [3.63, 3.8) is 0 Å². The highest BCUT2D eigenvalue weighted by Gasteiger charge is 2.19. The second-order valence-electron chi connectivity index (χ2n) is 3.95. The van der Waals surface area contributed by atoms with Crippen molar-refractivity contribution < 1.29 is 14.3 Å². The second kappa shape index (κ2) is 5.83. The summed E-state index contributed by atoms with van der Waals surface area (Å²) < 4.78 is 9.91. The first-order chi connectivity index (χ1) is 9.56. The zero-order valence-electron chi connectivity index (χ0n) is 11.2. The number of hydrogen-bond acceptors (Lipinski definition) is 6. The topological polar surface area (TPSA) is 74.2 Å². The first-order valence-corrected chi connectivity index (χ1v) is 6.07. The number of hydrogen-bond donors (Lipinski definition) is 0. The van der Waals surface area contributed by atoms with Gasteiger partial charge in [0.25, 0.3) is 0 Å². The van der Waals surface area contributed by atoms with Crippen molar-refractivity contribution in [2.45, 2.75) is 6.92 Å². The number of methoxy groups -OCH3 is 2. The Morgan fingerprint density at radius 3 is 2.60 bits per heavy atom. The van der Waals surface area contributed by atoms with Gasteiger partial charge in [0.05, 0.1) is 19.8 Å². The van der Waals surface area contributed by atoms with Crippen LogP contribution in [0.5, 0.6) is 5.88 Å². The summed E-state index contributed by atoms with van der Waals surface area (Å²) in [6.45, 7) is 1.81. The molecule has 0 radical (unpaired) electrons. The molecule has 0 aliphatic rings. The molecule has 0 aliphatic heterocycles. The molecular formula is C13H12ClN3O3. The van der Waals surface area contributed by atoms with E-state index < -0.39 is 5.97 Å². The molecule has 104 valence electrons. The lowest BCUT2D eigenvalue weighted by Crippen LogP contribution is -2.06. The quantitative estimate of drug-likeness (QED) is 0.808. The number of rotatable bonds is 3. The summed E-state index contributed by atoms with van der Waals surface area (Å²) in [6, 6.07) is 3.32. The van der Waals surface area contributed by atoms with Gasteiger partial charge in [-0.15, -0.1) is 10.2 Å². The Labute approximate surface area is 120 Å². The number of nitrogens with zero attached hydrogens (tertiary/aromatic N) is 3. The number of pyridine rings is 1. The molecule has 6 nitrogen and oxygen atoms in total. The van der Waals surface area contributed by atoms with Gasteiger partial charge >= 0.3 is 5.97 Å². The van der Waals surface area contributed by atoms with Crippen molar-refractivity contribution in [2.75, 3.05) is 14.2 Å². The molecule has 0 bridgehead atoms. The molecule has 2 rings (SSSR count). The van der Waals surface area contributed by atoms with Gasteiger partial charge in [0.1, 0.15) is 0 Å². The molecule has 2 aromatic heterocycles. The minimum atomic E-state index is -0.498. The van der Waals surface area contributed by atoms with E-state index in [-0.39, 0.29) is 11.0 Å². The largest absolute Gasteiger partial charge is 0.479 e. The second-order valence-corrected chi connectivity index (χ2v) is 4.34. The maximum absolute atomic E-state index is 11.8. The van der Waals surface area contributed by atoms with Crippen LogP contribution in [0.2, 0.25) is 5.15 Å². The molecule has 0 N–H and O–H groups in total. The van der Waals surface area contributed by atoms with Crippen molar-refractivity contribution in [1.82, 2.24) is 15.2 Å². The zero-order chi connectivity index (χ0) is 14.7. The van der Waals surface area contributed by atoms with Gasteiger partial charge in [-0.2, -0.15) is 0 Å². The first kappa shape index (κ1) is 14.2. The predicted octanol–water partition coefficient (Wildman–Crippen LogP) is 2.30. The Kier molecular flexibility index (Phi) is 4.14. The highest BCUT2D eigenvalue weighted by molar-refractivity contribution is 6.29. The summed E-state index contributed by atoms with van der Waals surface area (Å²) in [4.78, 5) is 15.9. The highest BCUT2D eigenvalue weighted by atomic mass is 35.5. The number of carbonyl (C=O) groups is 1. The van der Waals surface area contributed by atoms with Crippen LogP contribution in [0.25, 0.3) is 11.1 Å². The van der Waals surface area contributed by atoms with E-state index >= 15 is 0 Å². The van der Waals surface area contributed by atoms with E-state index in [9.17, 15) is 4.79 Å². The molecule has 0 spiro atoms. The molecule has 2 heterocycles. The summed E-state index contributed by atoms with van der Waals surface area (Å²) in [6.07, 6.45) is 1.45. The minimum Gasteiger partial charge on any atom is -0.479 e. The molecule has 0 amide bonds. The normalized spacial score (nSPS) is 10.2. The third-order valence-corrected chi connectivity index (χ3v) is 2.84. The third kappa shape index (κ3) is 2.70. The van der Waals surface area contributed by atoms with Gasteiger partial charge in [-0.3, -0.25) is 4.98 Å². The molecule has 0 fully saturated rings. The van der Waals surface area contributed by atoms with Gasteiger partial charge in [0, 0.05) is 23.0 Å². The molecule has 0 atom stereocenters. The van der Waals surface area contributed by atoms with E-state index in [0.29, 0.717) is 16.7 Å². The van der Waals surface area contributed by atoms with Crippen LogP contribution in [0.15, 0.2) is 18.3 Å². The summed E-state index contributed by atoms with van der Waals surface area (Å²) in [5.74, 6) is -0.229.